The molecule has 1 aliphatic rings. The van der Waals surface area contributed by atoms with Crippen LogP contribution >= 0.6 is 11.6 Å². The minimum Gasteiger partial charge on any atom is -0.444 e. The Hall–Kier alpha value is -2.36. The lowest BCUT2D eigenvalue weighted by Crippen LogP contribution is -2.54. The van der Waals surface area contributed by atoms with Gasteiger partial charge in [-0.05, 0) is 70.0 Å². The Balaban J connectivity index is 1.67. The van der Waals surface area contributed by atoms with Gasteiger partial charge in [0.2, 0.25) is 0 Å². The van der Waals surface area contributed by atoms with Crippen LogP contribution < -0.4 is 4.31 Å². The number of aromatic nitrogens is 1. The van der Waals surface area contributed by atoms with Crippen LogP contribution in [0.3, 0.4) is 0 Å². The molecule has 1 aliphatic heterocycles. The zero-order chi connectivity index (χ0) is 25.3. The fourth-order valence-corrected chi connectivity index (χ4v) is 5.12. The maximum absolute atomic E-state index is 13.0. The average Bonchev–Trinajstić information content (AvgIpc) is 2.73. The molecule has 34 heavy (non-hydrogen) atoms. The first kappa shape index (κ1) is 26.2. The maximum Gasteiger partial charge on any atom is 0.410 e. The minimum atomic E-state index is -3.75. The number of carbonyl (C=O) groups is 1. The molecule has 0 saturated carbocycles. The first-order valence-electron chi connectivity index (χ1n) is 11.2. The van der Waals surface area contributed by atoms with E-state index in [0.717, 1.165) is 30.8 Å². The highest BCUT2D eigenvalue weighted by molar-refractivity contribution is 7.92. The van der Waals surface area contributed by atoms with Crippen molar-refractivity contribution in [1.29, 1.82) is 0 Å². The molecule has 186 valence electrons. The van der Waals surface area contributed by atoms with Crippen LogP contribution in [0.25, 0.3) is 0 Å². The lowest BCUT2D eigenvalue weighted by Gasteiger charge is -2.40. The van der Waals surface area contributed by atoms with E-state index < -0.39 is 15.6 Å². The van der Waals surface area contributed by atoms with Crippen molar-refractivity contribution < 1.29 is 17.9 Å². The van der Waals surface area contributed by atoms with Crippen molar-refractivity contribution in [3.05, 3.63) is 52.8 Å². The molecule has 0 bridgehead atoms. The van der Waals surface area contributed by atoms with Crippen LogP contribution in [0.1, 0.15) is 38.8 Å². The molecular weight excluding hydrogens is 476 g/mol. The van der Waals surface area contributed by atoms with Crippen LogP contribution in [0.15, 0.2) is 41.4 Å². The maximum atomic E-state index is 13.0. The summed E-state index contributed by atoms with van der Waals surface area (Å²) in [6.07, 6.45) is 0.980. The van der Waals surface area contributed by atoms with Crippen LogP contribution in [0, 0.1) is 6.92 Å². The van der Waals surface area contributed by atoms with E-state index in [0.29, 0.717) is 12.2 Å². The van der Waals surface area contributed by atoms with Crippen molar-refractivity contribution in [3.63, 3.8) is 0 Å². The molecule has 0 aliphatic carbocycles. The number of benzene rings is 1. The zero-order valence-corrected chi connectivity index (χ0v) is 22.2. The average molecular weight is 509 g/mol. The quantitative estimate of drug-likeness (QED) is 0.560. The largest absolute Gasteiger partial charge is 0.444 e. The van der Waals surface area contributed by atoms with Gasteiger partial charge in [0, 0.05) is 45.5 Å². The Kier molecular flexibility index (Phi) is 7.79. The second-order valence-corrected chi connectivity index (χ2v) is 12.0. The molecule has 1 atom stereocenters. The van der Waals surface area contributed by atoms with Crippen molar-refractivity contribution in [1.82, 2.24) is 14.8 Å². The van der Waals surface area contributed by atoms with Crippen LogP contribution in [-0.2, 0) is 21.3 Å². The molecule has 1 aromatic heterocycles. The molecular formula is C24H33ClN4O4S. The molecule has 0 unspecified atom stereocenters. The molecule has 1 amide bonds. The number of pyridine rings is 1. The van der Waals surface area contributed by atoms with Gasteiger partial charge >= 0.3 is 6.09 Å². The molecule has 1 aromatic carbocycles. The zero-order valence-electron chi connectivity index (χ0n) is 20.6. The monoisotopic (exact) mass is 508 g/mol. The van der Waals surface area contributed by atoms with Gasteiger partial charge in [0.25, 0.3) is 10.0 Å². The minimum absolute atomic E-state index is 0.0347. The molecule has 1 saturated heterocycles. The number of ether oxygens (including phenoxy) is 1. The number of carbonyl (C=O) groups excluding carboxylic acids is 1. The highest BCUT2D eigenvalue weighted by atomic mass is 35.5. The predicted octanol–water partition coefficient (Wildman–Crippen LogP) is 4.31. The first-order valence-corrected chi connectivity index (χ1v) is 13.0. The third-order valence-electron chi connectivity index (χ3n) is 5.78. The van der Waals surface area contributed by atoms with E-state index >= 15 is 0 Å². The smallest absolute Gasteiger partial charge is 0.410 e. The van der Waals surface area contributed by atoms with Gasteiger partial charge in [-0.3, -0.25) is 9.21 Å². The van der Waals surface area contributed by atoms with Crippen molar-refractivity contribution in [2.75, 3.05) is 31.0 Å². The number of aryl methyl sites for hydroxylation is 1. The molecule has 3 rings (SSSR count). The molecule has 10 heteroatoms. The summed E-state index contributed by atoms with van der Waals surface area (Å²) in [4.78, 5) is 20.5. The van der Waals surface area contributed by atoms with Gasteiger partial charge in [-0.15, -0.1) is 0 Å². The highest BCUT2D eigenvalue weighted by Gasteiger charge is 2.31. The Labute approximate surface area is 207 Å². The number of amides is 1. The summed E-state index contributed by atoms with van der Waals surface area (Å²) in [6.45, 7) is 12.4. The van der Waals surface area contributed by atoms with Gasteiger partial charge in [0.05, 0.1) is 5.69 Å². The van der Waals surface area contributed by atoms with E-state index in [2.05, 4.69) is 9.88 Å². The second kappa shape index (κ2) is 10.1. The van der Waals surface area contributed by atoms with E-state index in [9.17, 15) is 13.2 Å². The van der Waals surface area contributed by atoms with Crippen molar-refractivity contribution in [2.24, 2.45) is 0 Å². The van der Waals surface area contributed by atoms with Gasteiger partial charge in [-0.2, -0.15) is 0 Å². The Bertz CT molecular complexity index is 1130. The van der Waals surface area contributed by atoms with Crippen LogP contribution in [0.4, 0.5) is 10.5 Å². The van der Waals surface area contributed by atoms with Crippen molar-refractivity contribution in [3.8, 4) is 0 Å². The van der Waals surface area contributed by atoms with Crippen molar-refractivity contribution >= 4 is 33.4 Å². The van der Waals surface area contributed by atoms with Crippen LogP contribution in [0.2, 0.25) is 5.15 Å². The lowest BCUT2D eigenvalue weighted by molar-refractivity contribution is 0.000533. The topological polar surface area (TPSA) is 83.1 Å². The molecule has 0 radical (unpaired) electrons. The SMILES string of the molecule is Cc1cc(N(C)S(=O)(=O)c2ccc(Cl)nc2)ccc1CN1CCN(C(=O)OC(C)(C)C)[C@@H](C)C1. The van der Waals surface area contributed by atoms with Gasteiger partial charge in [0.1, 0.15) is 15.6 Å². The van der Waals surface area contributed by atoms with Crippen LogP contribution in [0.5, 0.6) is 0 Å². The number of hydrogen-bond donors (Lipinski definition) is 0. The molecule has 1 fully saturated rings. The Morgan fingerprint density at radius 1 is 1.24 bits per heavy atom. The summed E-state index contributed by atoms with van der Waals surface area (Å²) in [5.74, 6) is 0. The summed E-state index contributed by atoms with van der Waals surface area (Å²) in [5.41, 5.74) is 2.16. The number of halogens is 1. The number of piperazine rings is 1. The number of anilines is 1. The summed E-state index contributed by atoms with van der Waals surface area (Å²) in [7, 11) is -2.22. The first-order chi connectivity index (χ1) is 15.8. The molecule has 2 aromatic rings. The molecule has 0 N–H and O–H groups in total. The summed E-state index contributed by atoms with van der Waals surface area (Å²) in [5, 5.41) is 0.239. The number of sulfonamides is 1. The summed E-state index contributed by atoms with van der Waals surface area (Å²) >= 11 is 5.79. The van der Waals surface area contributed by atoms with E-state index in [4.69, 9.17) is 16.3 Å². The lowest BCUT2D eigenvalue weighted by atomic mass is 10.1. The van der Waals surface area contributed by atoms with Crippen molar-refractivity contribution in [2.45, 2.75) is 57.7 Å². The Morgan fingerprint density at radius 2 is 1.94 bits per heavy atom. The second-order valence-electron chi connectivity index (χ2n) is 9.66. The van der Waals surface area contributed by atoms with E-state index in [1.165, 1.54) is 29.7 Å². The van der Waals surface area contributed by atoms with Gasteiger partial charge < -0.3 is 9.64 Å². The third-order valence-corrected chi connectivity index (χ3v) is 7.77. The van der Waals surface area contributed by atoms with Gasteiger partial charge in [-0.25, -0.2) is 18.2 Å². The Morgan fingerprint density at radius 3 is 2.50 bits per heavy atom. The fourth-order valence-electron chi connectivity index (χ4n) is 3.87. The van der Waals surface area contributed by atoms with Crippen LogP contribution in [-0.4, -0.2) is 67.6 Å². The predicted molar refractivity (Wildman–Crippen MR) is 134 cm³/mol. The number of nitrogens with zero attached hydrogens (tertiary/aromatic N) is 4. The number of hydrogen-bond acceptors (Lipinski definition) is 6. The molecule has 2 heterocycles. The third kappa shape index (κ3) is 6.20. The highest BCUT2D eigenvalue weighted by Crippen LogP contribution is 2.26. The summed E-state index contributed by atoms with van der Waals surface area (Å²) < 4.78 is 32.7. The van der Waals surface area contributed by atoms with E-state index in [1.807, 2.05) is 52.8 Å². The normalized spacial score (nSPS) is 17.5. The number of rotatable bonds is 5. The summed E-state index contributed by atoms with van der Waals surface area (Å²) in [6, 6.07) is 8.58. The molecule has 8 nitrogen and oxygen atoms in total. The van der Waals surface area contributed by atoms with Gasteiger partial charge in [-0.1, -0.05) is 17.7 Å². The fraction of sp³-hybridized carbons (Fsp3) is 0.500. The molecule has 0 spiro atoms. The standard InChI is InChI=1S/C24H33ClN4O4S/c1-17-13-20(27(6)34(31,32)21-9-10-22(25)26-14-21)8-7-19(17)16-28-11-12-29(18(2)15-28)23(30)33-24(3,4)5/h7-10,13-14,18H,11-12,15-16H2,1-6H3/t18-/m0/s1. The van der Waals surface area contributed by atoms with Gasteiger partial charge in [0.15, 0.2) is 0 Å². The van der Waals surface area contributed by atoms with E-state index in [-0.39, 0.29) is 22.2 Å². The van der Waals surface area contributed by atoms with E-state index in [1.54, 1.807) is 4.90 Å².